The van der Waals surface area contributed by atoms with Crippen molar-refractivity contribution in [3.63, 3.8) is 0 Å². The van der Waals surface area contributed by atoms with E-state index >= 15 is 0 Å². The van der Waals surface area contributed by atoms with Gasteiger partial charge in [-0.1, -0.05) is 0 Å². The molecule has 1 unspecified atom stereocenters. The number of hydrogen-bond donors (Lipinski definition) is 0. The predicted octanol–water partition coefficient (Wildman–Crippen LogP) is 0.128. The topological polar surface area (TPSA) is 40.6 Å². The van der Waals surface area contributed by atoms with Gasteiger partial charge in [0.05, 0.1) is 6.04 Å². The summed E-state index contributed by atoms with van der Waals surface area (Å²) in [5, 5.41) is 0. The fraction of sp³-hybridized carbons (Fsp3) is 0.800. The first kappa shape index (κ1) is 11.2. The summed E-state index contributed by atoms with van der Waals surface area (Å²) in [6.45, 7) is 5.83. The summed E-state index contributed by atoms with van der Waals surface area (Å²) in [6.07, 6.45) is 0.543. The van der Waals surface area contributed by atoms with E-state index in [0.29, 0.717) is 13.0 Å². The van der Waals surface area contributed by atoms with Crippen LogP contribution in [0.25, 0.3) is 0 Å². The summed E-state index contributed by atoms with van der Waals surface area (Å²) in [6, 6.07) is -0.0758. The molecule has 1 amide bonds. The summed E-state index contributed by atoms with van der Waals surface area (Å²) in [7, 11) is 1.82. The van der Waals surface area contributed by atoms with E-state index < -0.39 is 0 Å². The third-order valence-electron chi connectivity index (χ3n) is 2.76. The molecular formula is C10H18N2O2. The first-order valence-corrected chi connectivity index (χ1v) is 5.01. The highest BCUT2D eigenvalue weighted by molar-refractivity contribution is 5.82. The number of hydrogen-bond acceptors (Lipinski definition) is 3. The highest BCUT2D eigenvalue weighted by Gasteiger charge is 2.28. The van der Waals surface area contributed by atoms with Crippen molar-refractivity contribution in [2.45, 2.75) is 26.3 Å². The molecular weight excluding hydrogens is 180 g/mol. The van der Waals surface area contributed by atoms with E-state index in [-0.39, 0.29) is 17.7 Å². The Morgan fingerprint density at radius 2 is 2.14 bits per heavy atom. The molecule has 1 rings (SSSR count). The van der Waals surface area contributed by atoms with Crippen molar-refractivity contribution in [3.8, 4) is 0 Å². The second-order valence-corrected chi connectivity index (χ2v) is 3.92. The summed E-state index contributed by atoms with van der Waals surface area (Å²) >= 11 is 0. The fourth-order valence-corrected chi connectivity index (χ4v) is 1.66. The van der Waals surface area contributed by atoms with Gasteiger partial charge in [-0.3, -0.25) is 14.5 Å². The Labute approximate surface area is 84.9 Å². The molecule has 4 nitrogen and oxygen atoms in total. The summed E-state index contributed by atoms with van der Waals surface area (Å²) in [5.74, 6) is 0.336. The Kier molecular flexibility index (Phi) is 3.63. The van der Waals surface area contributed by atoms with Gasteiger partial charge >= 0.3 is 0 Å². The third kappa shape index (κ3) is 2.54. The van der Waals surface area contributed by atoms with Crippen molar-refractivity contribution in [1.29, 1.82) is 0 Å². The average Bonchev–Trinajstić information content (AvgIpc) is 2.13. The molecule has 0 aliphatic carbocycles. The minimum absolute atomic E-state index is 0.0758. The van der Waals surface area contributed by atoms with E-state index in [9.17, 15) is 9.59 Å². The molecule has 1 atom stereocenters. The van der Waals surface area contributed by atoms with Crippen LogP contribution in [-0.2, 0) is 9.59 Å². The van der Waals surface area contributed by atoms with Crippen LogP contribution in [0.15, 0.2) is 0 Å². The van der Waals surface area contributed by atoms with Crippen LogP contribution in [0.1, 0.15) is 20.3 Å². The summed E-state index contributed by atoms with van der Waals surface area (Å²) in [5.41, 5.74) is 0. The number of rotatable bonds is 3. The molecule has 1 aliphatic heterocycles. The molecule has 1 aliphatic rings. The standard InChI is InChI=1S/C10H18N2O2/c1-8(13)4-5-12-7-6-11(3)10(14)9(12)2/h9H,4-7H2,1-3H3. The maximum atomic E-state index is 11.6. The Morgan fingerprint density at radius 3 is 2.71 bits per heavy atom. The fourth-order valence-electron chi connectivity index (χ4n) is 1.66. The van der Waals surface area contributed by atoms with Gasteiger partial charge in [-0.2, -0.15) is 0 Å². The first-order chi connectivity index (χ1) is 6.52. The quantitative estimate of drug-likeness (QED) is 0.647. The molecule has 4 heteroatoms. The van der Waals surface area contributed by atoms with Crippen LogP contribution in [0.3, 0.4) is 0 Å². The monoisotopic (exact) mass is 198 g/mol. The molecule has 0 radical (unpaired) electrons. The molecule has 1 fully saturated rings. The number of piperazine rings is 1. The number of carbonyl (C=O) groups is 2. The van der Waals surface area contributed by atoms with Crippen LogP contribution in [-0.4, -0.2) is 54.2 Å². The number of likely N-dealkylation sites (N-methyl/N-ethyl adjacent to an activating group) is 1. The Balaban J connectivity index is 2.47. The Hall–Kier alpha value is -0.900. The molecule has 0 saturated carbocycles. The minimum Gasteiger partial charge on any atom is -0.343 e. The lowest BCUT2D eigenvalue weighted by molar-refractivity contribution is -0.139. The highest BCUT2D eigenvalue weighted by Crippen LogP contribution is 2.09. The largest absolute Gasteiger partial charge is 0.343 e. The van der Waals surface area contributed by atoms with Gasteiger partial charge in [0, 0.05) is 33.1 Å². The summed E-state index contributed by atoms with van der Waals surface area (Å²) in [4.78, 5) is 26.2. The lowest BCUT2D eigenvalue weighted by Gasteiger charge is -2.37. The van der Waals surface area contributed by atoms with Crippen molar-refractivity contribution in [3.05, 3.63) is 0 Å². The smallest absolute Gasteiger partial charge is 0.239 e. The van der Waals surface area contributed by atoms with Crippen molar-refractivity contribution in [1.82, 2.24) is 9.80 Å². The predicted molar refractivity (Wildman–Crippen MR) is 54.0 cm³/mol. The lowest BCUT2D eigenvalue weighted by atomic mass is 10.1. The van der Waals surface area contributed by atoms with Crippen molar-refractivity contribution in [2.75, 3.05) is 26.7 Å². The molecule has 0 N–H and O–H groups in total. The SMILES string of the molecule is CC(=O)CCN1CCN(C)C(=O)C1C. The van der Waals surface area contributed by atoms with E-state index in [0.717, 1.165) is 13.1 Å². The molecule has 80 valence electrons. The van der Waals surface area contributed by atoms with E-state index in [1.54, 1.807) is 11.8 Å². The molecule has 0 aromatic carbocycles. The molecule has 1 heterocycles. The minimum atomic E-state index is -0.0758. The van der Waals surface area contributed by atoms with E-state index in [1.165, 1.54) is 0 Å². The van der Waals surface area contributed by atoms with Crippen LogP contribution >= 0.6 is 0 Å². The van der Waals surface area contributed by atoms with Crippen LogP contribution in [0, 0.1) is 0 Å². The van der Waals surface area contributed by atoms with Crippen LogP contribution in [0.5, 0.6) is 0 Å². The van der Waals surface area contributed by atoms with Gasteiger partial charge in [-0.05, 0) is 13.8 Å². The van der Waals surface area contributed by atoms with Crippen molar-refractivity contribution < 1.29 is 9.59 Å². The van der Waals surface area contributed by atoms with Crippen molar-refractivity contribution in [2.24, 2.45) is 0 Å². The van der Waals surface area contributed by atoms with E-state index in [1.807, 2.05) is 14.0 Å². The van der Waals surface area contributed by atoms with Gasteiger partial charge in [0.15, 0.2) is 0 Å². The Morgan fingerprint density at radius 1 is 1.50 bits per heavy atom. The first-order valence-electron chi connectivity index (χ1n) is 5.01. The second kappa shape index (κ2) is 4.55. The zero-order valence-corrected chi connectivity index (χ0v) is 9.12. The van der Waals surface area contributed by atoms with Gasteiger partial charge < -0.3 is 4.90 Å². The second-order valence-electron chi connectivity index (χ2n) is 3.92. The summed E-state index contributed by atoms with van der Waals surface area (Å²) < 4.78 is 0. The molecule has 0 aromatic rings. The normalized spacial score (nSPS) is 24.1. The van der Waals surface area contributed by atoms with Crippen LogP contribution in [0.4, 0.5) is 0 Å². The number of nitrogens with zero attached hydrogens (tertiary/aromatic N) is 2. The highest BCUT2D eigenvalue weighted by atomic mass is 16.2. The number of Topliss-reactive ketones (excluding diaryl/α,β-unsaturated/α-hetero) is 1. The molecule has 0 bridgehead atoms. The van der Waals surface area contributed by atoms with Gasteiger partial charge in [-0.25, -0.2) is 0 Å². The Bertz CT molecular complexity index is 240. The molecule has 1 saturated heterocycles. The maximum Gasteiger partial charge on any atom is 0.239 e. The average molecular weight is 198 g/mol. The number of carbonyl (C=O) groups excluding carboxylic acids is 2. The van der Waals surface area contributed by atoms with E-state index in [2.05, 4.69) is 4.90 Å². The van der Waals surface area contributed by atoms with Gasteiger partial charge in [0.1, 0.15) is 5.78 Å². The molecule has 14 heavy (non-hydrogen) atoms. The van der Waals surface area contributed by atoms with Gasteiger partial charge in [-0.15, -0.1) is 0 Å². The van der Waals surface area contributed by atoms with E-state index in [4.69, 9.17) is 0 Å². The molecule has 0 aromatic heterocycles. The zero-order chi connectivity index (χ0) is 10.7. The van der Waals surface area contributed by atoms with Crippen LogP contribution in [0.2, 0.25) is 0 Å². The zero-order valence-electron chi connectivity index (χ0n) is 9.12. The molecule has 0 spiro atoms. The number of amides is 1. The van der Waals surface area contributed by atoms with Gasteiger partial charge in [0.25, 0.3) is 0 Å². The lowest BCUT2D eigenvalue weighted by Crippen LogP contribution is -2.54. The third-order valence-corrected chi connectivity index (χ3v) is 2.76. The van der Waals surface area contributed by atoms with Crippen molar-refractivity contribution >= 4 is 11.7 Å². The number of ketones is 1. The van der Waals surface area contributed by atoms with Crippen LogP contribution < -0.4 is 0 Å². The maximum absolute atomic E-state index is 11.6. The van der Waals surface area contributed by atoms with Gasteiger partial charge in [0.2, 0.25) is 5.91 Å².